The van der Waals surface area contributed by atoms with Gasteiger partial charge in [-0.05, 0) is 77.4 Å². The van der Waals surface area contributed by atoms with Crippen molar-refractivity contribution in [2.75, 3.05) is 29.3 Å². The Morgan fingerprint density at radius 3 is 2.15 bits per heavy atom. The number of hydrogen-bond donors (Lipinski definition) is 3. The van der Waals surface area contributed by atoms with Crippen LogP contribution in [-0.2, 0) is 20.8 Å². The van der Waals surface area contributed by atoms with Crippen molar-refractivity contribution in [1.29, 1.82) is 0 Å². The van der Waals surface area contributed by atoms with Crippen LogP contribution in [0.25, 0.3) is 0 Å². The van der Waals surface area contributed by atoms with Gasteiger partial charge in [0.05, 0.1) is 17.8 Å². The molecule has 1 aliphatic rings. The van der Waals surface area contributed by atoms with Crippen LogP contribution in [0.3, 0.4) is 0 Å². The molecular formula is C33H39N5O8. The Labute approximate surface area is 267 Å². The lowest BCUT2D eigenvalue weighted by Crippen LogP contribution is -2.37. The number of urea groups is 1. The first-order chi connectivity index (χ1) is 21.6. The van der Waals surface area contributed by atoms with E-state index >= 15 is 0 Å². The summed E-state index contributed by atoms with van der Waals surface area (Å²) in [4.78, 5) is 56.8. The number of para-hydroxylation sites is 2. The number of ether oxygens (including phenoxy) is 4. The number of anilines is 3. The highest BCUT2D eigenvalue weighted by molar-refractivity contribution is 6.05. The van der Waals surface area contributed by atoms with Gasteiger partial charge in [-0.2, -0.15) is 0 Å². The maximum absolute atomic E-state index is 13.3. The molecule has 0 atom stereocenters. The van der Waals surface area contributed by atoms with E-state index in [1.54, 1.807) is 90.1 Å². The summed E-state index contributed by atoms with van der Waals surface area (Å²) in [5.41, 5.74) is 0.584. The van der Waals surface area contributed by atoms with Crippen LogP contribution in [-0.4, -0.2) is 58.4 Å². The third kappa shape index (κ3) is 10.1. The zero-order valence-electron chi connectivity index (χ0n) is 26.8. The fraction of sp³-hybridized carbons (Fsp3) is 0.364. The molecule has 2 aromatic carbocycles. The number of esters is 1. The number of nitrogens with one attached hydrogen (secondary N) is 3. The number of nitrogens with zero attached hydrogens (tertiary/aromatic N) is 2. The van der Waals surface area contributed by atoms with Crippen molar-refractivity contribution in [3.8, 4) is 11.5 Å². The van der Waals surface area contributed by atoms with E-state index in [1.807, 2.05) is 0 Å². The third-order valence-electron chi connectivity index (χ3n) is 6.16. The van der Waals surface area contributed by atoms with E-state index in [0.717, 1.165) is 0 Å². The summed E-state index contributed by atoms with van der Waals surface area (Å²) < 4.78 is 21.4. The SMILES string of the molecule is CC(C)(C)OC(=O)CCN(Cc1ccc(C(=O)Nc2ccccc2NC(=O)OC(C)(C)C)nc1)C(=O)Nc1ccc2c(c1)OCO2. The van der Waals surface area contributed by atoms with Crippen molar-refractivity contribution in [3.63, 3.8) is 0 Å². The molecule has 0 fully saturated rings. The van der Waals surface area contributed by atoms with Crippen LogP contribution in [0.5, 0.6) is 11.5 Å². The summed E-state index contributed by atoms with van der Waals surface area (Å²) in [6.45, 7) is 10.8. The lowest BCUT2D eigenvalue weighted by Gasteiger charge is -2.24. The molecule has 4 rings (SSSR count). The maximum Gasteiger partial charge on any atom is 0.412 e. The van der Waals surface area contributed by atoms with Gasteiger partial charge in [-0.3, -0.25) is 19.9 Å². The van der Waals surface area contributed by atoms with Gasteiger partial charge in [0.15, 0.2) is 11.5 Å². The first-order valence-corrected chi connectivity index (χ1v) is 14.7. The largest absolute Gasteiger partial charge is 0.460 e. The van der Waals surface area contributed by atoms with Gasteiger partial charge >= 0.3 is 18.1 Å². The number of carbonyl (C=O) groups is 4. The molecule has 13 nitrogen and oxygen atoms in total. The highest BCUT2D eigenvalue weighted by Gasteiger charge is 2.22. The van der Waals surface area contributed by atoms with Crippen molar-refractivity contribution in [2.45, 2.75) is 65.7 Å². The molecule has 0 unspecified atom stereocenters. The molecule has 0 aliphatic carbocycles. The Kier molecular flexibility index (Phi) is 10.3. The summed E-state index contributed by atoms with van der Waals surface area (Å²) in [5.74, 6) is 0.143. The Morgan fingerprint density at radius 1 is 0.826 bits per heavy atom. The van der Waals surface area contributed by atoms with E-state index in [2.05, 4.69) is 20.9 Å². The van der Waals surface area contributed by atoms with Gasteiger partial charge in [0.2, 0.25) is 6.79 Å². The van der Waals surface area contributed by atoms with Crippen LogP contribution in [0.15, 0.2) is 60.8 Å². The van der Waals surface area contributed by atoms with Crippen LogP contribution in [0.4, 0.5) is 26.7 Å². The molecule has 3 aromatic rings. The van der Waals surface area contributed by atoms with Gasteiger partial charge in [-0.1, -0.05) is 18.2 Å². The zero-order valence-corrected chi connectivity index (χ0v) is 26.8. The monoisotopic (exact) mass is 633 g/mol. The predicted molar refractivity (Wildman–Crippen MR) is 171 cm³/mol. The summed E-state index contributed by atoms with van der Waals surface area (Å²) in [6, 6.07) is 14.5. The Hall–Kier alpha value is -5.33. The second-order valence-electron chi connectivity index (χ2n) is 12.4. The molecule has 1 aromatic heterocycles. The fourth-order valence-electron chi connectivity index (χ4n) is 4.22. The molecule has 0 bridgehead atoms. The number of hydrogen-bond acceptors (Lipinski definition) is 9. The van der Waals surface area contributed by atoms with Gasteiger partial charge in [0.1, 0.15) is 16.9 Å². The minimum absolute atomic E-state index is 0.0313. The third-order valence-corrected chi connectivity index (χ3v) is 6.16. The first-order valence-electron chi connectivity index (χ1n) is 14.7. The average Bonchev–Trinajstić information content (AvgIpc) is 3.42. The normalized spacial score (nSPS) is 12.1. The molecule has 0 saturated heterocycles. The number of benzene rings is 2. The number of rotatable bonds is 9. The smallest absolute Gasteiger partial charge is 0.412 e. The van der Waals surface area contributed by atoms with Crippen LogP contribution < -0.4 is 25.4 Å². The highest BCUT2D eigenvalue weighted by atomic mass is 16.7. The fourth-order valence-corrected chi connectivity index (χ4v) is 4.22. The van der Waals surface area contributed by atoms with Crippen molar-refractivity contribution < 1.29 is 38.1 Å². The molecule has 46 heavy (non-hydrogen) atoms. The van der Waals surface area contributed by atoms with Gasteiger partial charge < -0.3 is 34.5 Å². The summed E-state index contributed by atoms with van der Waals surface area (Å²) in [7, 11) is 0. The summed E-state index contributed by atoms with van der Waals surface area (Å²) in [5, 5.41) is 8.22. The van der Waals surface area contributed by atoms with E-state index in [9.17, 15) is 19.2 Å². The van der Waals surface area contributed by atoms with E-state index in [-0.39, 0.29) is 32.0 Å². The lowest BCUT2D eigenvalue weighted by atomic mass is 10.2. The second-order valence-corrected chi connectivity index (χ2v) is 12.4. The zero-order chi connectivity index (χ0) is 33.5. The Bertz CT molecular complexity index is 1580. The van der Waals surface area contributed by atoms with Gasteiger partial charge in [-0.15, -0.1) is 0 Å². The van der Waals surface area contributed by atoms with Crippen molar-refractivity contribution in [1.82, 2.24) is 9.88 Å². The molecule has 2 heterocycles. The molecule has 13 heteroatoms. The number of carbonyl (C=O) groups excluding carboxylic acids is 4. The molecule has 0 spiro atoms. The second kappa shape index (κ2) is 14.2. The van der Waals surface area contributed by atoms with Crippen molar-refractivity contribution in [3.05, 3.63) is 72.1 Å². The molecule has 3 N–H and O–H groups in total. The Balaban J connectivity index is 1.43. The standard InChI is InChI=1S/C33H39N5O8/c1-32(2,3)45-28(39)15-16-38(30(41)35-22-12-14-26-27(17-22)44-20-43-26)19-21-11-13-25(34-18-21)29(40)36-23-9-7-8-10-24(23)37-31(42)46-33(4,5)6/h7-14,17-18H,15-16,19-20H2,1-6H3,(H,35,41)(H,36,40)(H,37,42). The van der Waals surface area contributed by atoms with Crippen LogP contribution >= 0.6 is 0 Å². The molecule has 4 amide bonds. The van der Waals surface area contributed by atoms with Gasteiger partial charge in [-0.25, -0.2) is 9.59 Å². The molecule has 1 aliphatic heterocycles. The number of amides is 4. The van der Waals surface area contributed by atoms with E-state index in [4.69, 9.17) is 18.9 Å². The summed E-state index contributed by atoms with van der Waals surface area (Å²) >= 11 is 0. The van der Waals surface area contributed by atoms with Gasteiger partial charge in [0.25, 0.3) is 5.91 Å². The van der Waals surface area contributed by atoms with Gasteiger partial charge in [0, 0.05) is 31.0 Å². The van der Waals surface area contributed by atoms with Crippen LogP contribution in [0.1, 0.15) is 64.0 Å². The topological polar surface area (TPSA) is 157 Å². The van der Waals surface area contributed by atoms with Crippen LogP contribution in [0, 0.1) is 0 Å². The van der Waals surface area contributed by atoms with E-state index < -0.39 is 35.2 Å². The molecule has 0 saturated carbocycles. The lowest BCUT2D eigenvalue weighted by molar-refractivity contribution is -0.155. The highest BCUT2D eigenvalue weighted by Crippen LogP contribution is 2.34. The maximum atomic E-state index is 13.3. The van der Waals surface area contributed by atoms with E-state index in [0.29, 0.717) is 34.1 Å². The first kappa shape index (κ1) is 33.6. The average molecular weight is 634 g/mol. The van der Waals surface area contributed by atoms with Crippen LogP contribution in [0.2, 0.25) is 0 Å². The number of aromatic nitrogens is 1. The number of pyridine rings is 1. The predicted octanol–water partition coefficient (Wildman–Crippen LogP) is 6.18. The van der Waals surface area contributed by atoms with Crippen molar-refractivity contribution >= 4 is 41.1 Å². The molecule has 0 radical (unpaired) electrons. The molecule has 244 valence electrons. The summed E-state index contributed by atoms with van der Waals surface area (Å²) in [6.07, 6.45) is 0.792. The number of fused-ring (bicyclic) bond motifs is 1. The van der Waals surface area contributed by atoms with Crippen molar-refractivity contribution in [2.24, 2.45) is 0 Å². The quantitative estimate of drug-likeness (QED) is 0.234. The molecular weight excluding hydrogens is 594 g/mol. The minimum atomic E-state index is -0.689. The Morgan fingerprint density at radius 2 is 1.50 bits per heavy atom. The van der Waals surface area contributed by atoms with E-state index in [1.165, 1.54) is 17.2 Å². The minimum Gasteiger partial charge on any atom is -0.460 e.